The first-order valence-corrected chi connectivity index (χ1v) is 22.8. The van der Waals surface area contributed by atoms with E-state index in [1.54, 1.807) is 12.1 Å². The van der Waals surface area contributed by atoms with E-state index in [9.17, 15) is 0 Å². The molecule has 0 unspecified atom stereocenters. The van der Waals surface area contributed by atoms with Crippen molar-refractivity contribution < 1.29 is 4.39 Å². The SMILES string of the molecule is Cc1ccccc1-c1cc(-c2ccc3c(c2)c2cc(-c4cc(-c5ccccc5C)cc(-c5ccccc5C)c4)ccc2n3-c2ccccc2-c2ccccc2F)cc(-c2ccccc2C)c1. The Morgan fingerprint density at radius 2 is 0.591 bits per heavy atom. The summed E-state index contributed by atoms with van der Waals surface area (Å²) in [5.74, 6) is -0.244. The maximum Gasteiger partial charge on any atom is 0.131 e. The number of halogens is 1. The summed E-state index contributed by atoms with van der Waals surface area (Å²) in [6, 6.07) is 77.6. The van der Waals surface area contributed by atoms with Gasteiger partial charge >= 0.3 is 0 Å². The smallest absolute Gasteiger partial charge is 0.131 e. The van der Waals surface area contributed by atoms with E-state index >= 15 is 4.39 Å². The Balaban J connectivity index is 1.18. The van der Waals surface area contributed by atoms with Crippen molar-refractivity contribution in [2.45, 2.75) is 27.7 Å². The Bertz CT molecular complexity index is 3340. The van der Waals surface area contributed by atoms with E-state index in [1.165, 1.54) is 66.8 Å². The van der Waals surface area contributed by atoms with Crippen molar-refractivity contribution in [2.24, 2.45) is 0 Å². The first-order valence-electron chi connectivity index (χ1n) is 22.8. The predicted molar refractivity (Wildman–Crippen MR) is 278 cm³/mol. The lowest BCUT2D eigenvalue weighted by molar-refractivity contribution is 0.631. The second-order valence-electron chi connectivity index (χ2n) is 17.7. The molecule has 0 aliphatic heterocycles. The van der Waals surface area contributed by atoms with Crippen LogP contribution in [0.25, 0.3) is 105 Å². The number of aryl methyl sites for hydroxylation is 4. The van der Waals surface area contributed by atoms with E-state index in [0.717, 1.165) is 55.3 Å². The summed E-state index contributed by atoms with van der Waals surface area (Å²) in [5, 5.41) is 2.25. The molecule has 0 aliphatic carbocycles. The highest BCUT2D eigenvalue weighted by molar-refractivity contribution is 6.12. The van der Waals surface area contributed by atoms with Gasteiger partial charge in [0.15, 0.2) is 0 Å². The monoisotopic (exact) mass is 849 g/mol. The molecule has 0 amide bonds. The van der Waals surface area contributed by atoms with E-state index in [1.807, 2.05) is 24.3 Å². The minimum absolute atomic E-state index is 0.244. The molecule has 11 rings (SSSR count). The summed E-state index contributed by atoms with van der Waals surface area (Å²) in [7, 11) is 0. The fraction of sp³-hybridized carbons (Fsp3) is 0.0625. The third kappa shape index (κ3) is 7.31. The molecule has 11 aromatic rings. The van der Waals surface area contributed by atoms with Crippen LogP contribution in [-0.4, -0.2) is 4.57 Å². The molecule has 0 N–H and O–H groups in total. The summed E-state index contributed by atoms with van der Waals surface area (Å²) in [5.41, 5.74) is 23.6. The van der Waals surface area contributed by atoms with Gasteiger partial charge in [-0.05, 0) is 190 Å². The van der Waals surface area contributed by atoms with Gasteiger partial charge in [0.1, 0.15) is 5.82 Å². The number of hydrogen-bond donors (Lipinski definition) is 0. The van der Waals surface area contributed by atoms with Crippen LogP contribution >= 0.6 is 0 Å². The Morgan fingerprint density at radius 3 is 0.970 bits per heavy atom. The number of rotatable bonds is 8. The molecule has 1 nitrogen and oxygen atoms in total. The summed E-state index contributed by atoms with van der Waals surface area (Å²) >= 11 is 0. The zero-order valence-electron chi connectivity index (χ0n) is 37.6. The second kappa shape index (κ2) is 16.8. The molecule has 66 heavy (non-hydrogen) atoms. The van der Waals surface area contributed by atoms with Crippen LogP contribution in [0.15, 0.2) is 218 Å². The molecule has 0 aliphatic rings. The normalized spacial score (nSPS) is 11.4. The van der Waals surface area contributed by atoms with E-state index < -0.39 is 0 Å². The summed E-state index contributed by atoms with van der Waals surface area (Å²) < 4.78 is 18.0. The summed E-state index contributed by atoms with van der Waals surface area (Å²) in [4.78, 5) is 0. The van der Waals surface area contributed by atoms with E-state index in [0.29, 0.717) is 5.56 Å². The van der Waals surface area contributed by atoms with Gasteiger partial charge in [-0.1, -0.05) is 146 Å². The molecule has 0 bridgehead atoms. The van der Waals surface area contributed by atoms with Crippen molar-refractivity contribution in [3.63, 3.8) is 0 Å². The maximum absolute atomic E-state index is 15.7. The minimum atomic E-state index is -0.244. The van der Waals surface area contributed by atoms with Gasteiger partial charge in [0.25, 0.3) is 0 Å². The molecule has 2 heteroatoms. The van der Waals surface area contributed by atoms with Gasteiger partial charge in [-0.15, -0.1) is 0 Å². The minimum Gasteiger partial charge on any atom is -0.309 e. The first kappa shape index (κ1) is 40.7. The number of aromatic nitrogens is 1. The second-order valence-corrected chi connectivity index (χ2v) is 17.7. The van der Waals surface area contributed by atoms with Crippen LogP contribution in [0.1, 0.15) is 22.3 Å². The number of hydrogen-bond acceptors (Lipinski definition) is 0. The topological polar surface area (TPSA) is 4.93 Å². The van der Waals surface area contributed by atoms with Crippen molar-refractivity contribution in [1.82, 2.24) is 4.57 Å². The van der Waals surface area contributed by atoms with Crippen molar-refractivity contribution in [2.75, 3.05) is 0 Å². The first-order chi connectivity index (χ1) is 32.3. The molecule has 0 fully saturated rings. The largest absolute Gasteiger partial charge is 0.309 e. The fourth-order valence-electron chi connectivity index (χ4n) is 10.0. The molecule has 1 heterocycles. The van der Waals surface area contributed by atoms with E-state index in [4.69, 9.17) is 0 Å². The lowest BCUT2D eigenvalue weighted by Gasteiger charge is -2.16. The number of benzene rings is 10. The molecule has 0 saturated carbocycles. The molecule has 1 aromatic heterocycles. The highest BCUT2D eigenvalue weighted by Gasteiger charge is 2.20. The Hall–Kier alpha value is -8.07. The van der Waals surface area contributed by atoms with E-state index in [-0.39, 0.29) is 5.82 Å². The molecule has 0 atom stereocenters. The van der Waals surface area contributed by atoms with Crippen LogP contribution in [0.3, 0.4) is 0 Å². The molecule has 10 aromatic carbocycles. The van der Waals surface area contributed by atoms with Crippen LogP contribution < -0.4 is 0 Å². The third-order valence-corrected chi connectivity index (χ3v) is 13.4. The Kier molecular flexibility index (Phi) is 10.4. The maximum atomic E-state index is 15.7. The average molecular weight is 850 g/mol. The number of fused-ring (bicyclic) bond motifs is 3. The van der Waals surface area contributed by atoms with Gasteiger partial charge in [-0.25, -0.2) is 4.39 Å². The van der Waals surface area contributed by atoms with Gasteiger partial charge in [-0.3, -0.25) is 0 Å². The molecule has 0 radical (unpaired) electrons. The molecule has 316 valence electrons. The number of para-hydroxylation sites is 1. The number of nitrogens with zero attached hydrogens (tertiary/aromatic N) is 1. The zero-order chi connectivity index (χ0) is 44.9. The third-order valence-electron chi connectivity index (χ3n) is 13.4. The van der Waals surface area contributed by atoms with Crippen LogP contribution in [0.2, 0.25) is 0 Å². The molecule has 0 saturated heterocycles. The predicted octanol–water partition coefficient (Wildman–Crippen LogP) is 17.8. The molecular weight excluding hydrogens is 802 g/mol. The zero-order valence-corrected chi connectivity index (χ0v) is 37.6. The van der Waals surface area contributed by atoms with Crippen LogP contribution in [0.4, 0.5) is 4.39 Å². The van der Waals surface area contributed by atoms with Crippen LogP contribution in [-0.2, 0) is 0 Å². The fourth-order valence-corrected chi connectivity index (χ4v) is 10.0. The molecule has 0 spiro atoms. The van der Waals surface area contributed by atoms with E-state index in [2.05, 4.69) is 214 Å². The Morgan fingerprint density at radius 1 is 0.273 bits per heavy atom. The summed E-state index contributed by atoms with van der Waals surface area (Å²) in [6.45, 7) is 8.75. The average Bonchev–Trinajstić information content (AvgIpc) is 3.67. The lowest BCUT2D eigenvalue weighted by atomic mass is 9.90. The lowest BCUT2D eigenvalue weighted by Crippen LogP contribution is -1.98. The van der Waals surface area contributed by atoms with Crippen molar-refractivity contribution >= 4 is 21.8 Å². The van der Waals surface area contributed by atoms with Crippen LogP contribution in [0.5, 0.6) is 0 Å². The van der Waals surface area contributed by atoms with Crippen LogP contribution in [0, 0.1) is 33.5 Å². The Labute approximate surface area is 386 Å². The summed E-state index contributed by atoms with van der Waals surface area (Å²) in [6.07, 6.45) is 0. The van der Waals surface area contributed by atoms with Crippen molar-refractivity contribution in [1.29, 1.82) is 0 Å². The van der Waals surface area contributed by atoms with Gasteiger partial charge in [0.2, 0.25) is 0 Å². The highest BCUT2D eigenvalue weighted by atomic mass is 19.1. The van der Waals surface area contributed by atoms with Gasteiger partial charge in [0.05, 0.1) is 16.7 Å². The van der Waals surface area contributed by atoms with Gasteiger partial charge < -0.3 is 4.57 Å². The van der Waals surface area contributed by atoms with Crippen molar-refractivity contribution in [3.8, 4) is 83.6 Å². The van der Waals surface area contributed by atoms with Gasteiger partial charge in [-0.2, -0.15) is 0 Å². The standard InChI is InChI=1S/C64H48FN/c1-41-17-5-9-21-53(41)49-33-47(34-50(37-49)54-22-10-6-18-42(54)2)45-29-31-63-59(39-45)60-40-46(30-32-64(60)66(63)62-28-16-14-26-58(62)57-25-13-15-27-61(57)65)48-35-51(55-23-11-7-19-43(55)3)38-52(36-48)56-24-12-8-20-44(56)4/h5-40H,1-4H3. The molecular formula is C64H48FN. The van der Waals surface area contributed by atoms with Gasteiger partial charge in [0, 0.05) is 21.9 Å². The highest BCUT2D eigenvalue weighted by Crippen LogP contribution is 2.43. The quantitative estimate of drug-likeness (QED) is 0.144. The van der Waals surface area contributed by atoms with Crippen molar-refractivity contribution in [3.05, 3.63) is 246 Å².